The number of amides is 1. The molecule has 98 valence electrons. The van der Waals surface area contributed by atoms with Crippen molar-refractivity contribution >= 4 is 11.7 Å². The number of rotatable bonds is 4. The van der Waals surface area contributed by atoms with Gasteiger partial charge in [-0.1, -0.05) is 6.92 Å². The van der Waals surface area contributed by atoms with Gasteiger partial charge in [0.2, 0.25) is 0 Å². The Hall–Kier alpha value is -1.69. The van der Waals surface area contributed by atoms with E-state index in [1.54, 1.807) is 0 Å². The zero-order valence-electron chi connectivity index (χ0n) is 10.6. The molecule has 1 atom stereocenters. The molecule has 0 radical (unpaired) electrons. The number of nitrogens with one attached hydrogen (secondary N) is 1. The molecular weight excluding hydrogens is 230 g/mol. The number of hydrogen-bond donors (Lipinski definition) is 2. The average molecular weight is 249 g/mol. The monoisotopic (exact) mass is 249 g/mol. The molecule has 18 heavy (non-hydrogen) atoms. The summed E-state index contributed by atoms with van der Waals surface area (Å²) >= 11 is 0. The minimum absolute atomic E-state index is 0.175. The van der Waals surface area contributed by atoms with E-state index < -0.39 is 0 Å². The largest absolute Gasteiger partial charge is 0.382 e. The van der Waals surface area contributed by atoms with Crippen molar-refractivity contribution in [2.45, 2.75) is 25.8 Å². The Morgan fingerprint density at radius 3 is 3.06 bits per heavy atom. The summed E-state index contributed by atoms with van der Waals surface area (Å²) in [6.45, 7) is 4.92. The first-order valence-electron chi connectivity index (χ1n) is 6.31. The summed E-state index contributed by atoms with van der Waals surface area (Å²) in [5.74, 6) is -0.0719. The first-order valence-corrected chi connectivity index (χ1v) is 6.31. The number of hydrogen-bond acceptors (Lipinski definition) is 5. The minimum Gasteiger partial charge on any atom is -0.382 e. The van der Waals surface area contributed by atoms with Crippen LogP contribution in [0.3, 0.4) is 0 Å². The van der Waals surface area contributed by atoms with Crippen molar-refractivity contribution in [3.8, 4) is 0 Å². The normalized spacial score (nSPS) is 19.9. The molecule has 6 nitrogen and oxygen atoms in total. The van der Waals surface area contributed by atoms with Crippen LogP contribution in [-0.2, 0) is 0 Å². The van der Waals surface area contributed by atoms with Crippen LogP contribution in [0.15, 0.2) is 12.4 Å². The quantitative estimate of drug-likeness (QED) is 0.800. The SMILES string of the molecule is CCN1CCCC1CNC(=O)c1nccnc1N. The summed E-state index contributed by atoms with van der Waals surface area (Å²) in [5, 5.41) is 2.88. The smallest absolute Gasteiger partial charge is 0.273 e. The lowest BCUT2D eigenvalue weighted by Crippen LogP contribution is -2.40. The first kappa shape index (κ1) is 12.8. The molecule has 2 rings (SSSR count). The second-order valence-electron chi connectivity index (χ2n) is 4.42. The Morgan fingerprint density at radius 1 is 1.56 bits per heavy atom. The molecule has 1 amide bonds. The molecule has 0 aromatic carbocycles. The van der Waals surface area contributed by atoms with Gasteiger partial charge in [-0.2, -0.15) is 0 Å². The molecule has 0 bridgehead atoms. The third-order valence-electron chi connectivity index (χ3n) is 3.35. The molecule has 1 aromatic rings. The van der Waals surface area contributed by atoms with Gasteiger partial charge in [0.05, 0.1) is 0 Å². The van der Waals surface area contributed by atoms with Gasteiger partial charge in [0.1, 0.15) is 0 Å². The predicted molar refractivity (Wildman–Crippen MR) is 69.0 cm³/mol. The van der Waals surface area contributed by atoms with Crippen molar-refractivity contribution in [2.75, 3.05) is 25.4 Å². The number of carbonyl (C=O) groups excluding carboxylic acids is 1. The fraction of sp³-hybridized carbons (Fsp3) is 0.583. The highest BCUT2D eigenvalue weighted by Crippen LogP contribution is 2.15. The molecule has 0 saturated carbocycles. The molecule has 1 aliphatic heterocycles. The summed E-state index contributed by atoms with van der Waals surface area (Å²) in [6.07, 6.45) is 5.27. The van der Waals surface area contributed by atoms with Gasteiger partial charge in [-0.3, -0.25) is 9.69 Å². The average Bonchev–Trinajstić information content (AvgIpc) is 2.84. The van der Waals surface area contributed by atoms with E-state index in [4.69, 9.17) is 5.73 Å². The van der Waals surface area contributed by atoms with E-state index in [1.807, 2.05) is 0 Å². The van der Waals surface area contributed by atoms with E-state index in [9.17, 15) is 4.79 Å². The van der Waals surface area contributed by atoms with Crippen LogP contribution in [0.25, 0.3) is 0 Å². The Labute approximate surface area is 107 Å². The number of nitrogen functional groups attached to an aromatic ring is 1. The summed E-state index contributed by atoms with van der Waals surface area (Å²) in [7, 11) is 0. The Bertz CT molecular complexity index is 423. The molecular formula is C12H19N5O. The topological polar surface area (TPSA) is 84.1 Å². The van der Waals surface area contributed by atoms with Crippen LogP contribution in [0.5, 0.6) is 0 Å². The van der Waals surface area contributed by atoms with E-state index in [0.29, 0.717) is 12.6 Å². The number of anilines is 1. The molecule has 1 aromatic heterocycles. The lowest BCUT2D eigenvalue weighted by atomic mass is 10.2. The lowest BCUT2D eigenvalue weighted by Gasteiger charge is -2.22. The van der Waals surface area contributed by atoms with Crippen molar-refractivity contribution in [2.24, 2.45) is 0 Å². The van der Waals surface area contributed by atoms with Gasteiger partial charge in [0.15, 0.2) is 11.5 Å². The fourth-order valence-electron chi connectivity index (χ4n) is 2.36. The summed E-state index contributed by atoms with van der Waals surface area (Å²) in [6, 6.07) is 0.428. The van der Waals surface area contributed by atoms with E-state index in [1.165, 1.54) is 18.8 Å². The Kier molecular flexibility index (Phi) is 4.09. The third kappa shape index (κ3) is 2.76. The van der Waals surface area contributed by atoms with Gasteiger partial charge in [-0.25, -0.2) is 9.97 Å². The minimum atomic E-state index is -0.247. The second-order valence-corrected chi connectivity index (χ2v) is 4.42. The van der Waals surface area contributed by atoms with Crippen molar-refractivity contribution in [3.05, 3.63) is 18.1 Å². The number of likely N-dealkylation sites (N-methyl/N-ethyl adjacent to an activating group) is 1. The molecule has 0 aliphatic carbocycles. The number of aromatic nitrogens is 2. The zero-order valence-corrected chi connectivity index (χ0v) is 10.6. The number of likely N-dealkylation sites (tertiary alicyclic amines) is 1. The highest BCUT2D eigenvalue weighted by atomic mass is 16.1. The standard InChI is InChI=1S/C12H19N5O/c1-2-17-7-3-4-9(17)8-16-12(18)10-11(13)15-6-5-14-10/h5-6,9H,2-4,7-8H2,1H3,(H2,13,15)(H,16,18). The van der Waals surface area contributed by atoms with Crippen LogP contribution < -0.4 is 11.1 Å². The molecule has 1 aliphatic rings. The molecule has 2 heterocycles. The molecule has 1 saturated heterocycles. The van der Waals surface area contributed by atoms with Crippen molar-refractivity contribution in [1.82, 2.24) is 20.2 Å². The van der Waals surface area contributed by atoms with Gasteiger partial charge < -0.3 is 11.1 Å². The number of nitrogens with two attached hydrogens (primary N) is 1. The summed E-state index contributed by atoms with van der Waals surface area (Å²) in [5.41, 5.74) is 5.82. The summed E-state index contributed by atoms with van der Waals surface area (Å²) in [4.78, 5) is 22.1. The van der Waals surface area contributed by atoms with E-state index in [2.05, 4.69) is 27.1 Å². The van der Waals surface area contributed by atoms with E-state index >= 15 is 0 Å². The Morgan fingerprint density at radius 2 is 2.33 bits per heavy atom. The first-order chi connectivity index (χ1) is 8.72. The van der Waals surface area contributed by atoms with Crippen LogP contribution in [0.1, 0.15) is 30.3 Å². The lowest BCUT2D eigenvalue weighted by molar-refractivity contribution is 0.0937. The maximum absolute atomic E-state index is 11.9. The number of nitrogens with zero attached hydrogens (tertiary/aromatic N) is 3. The van der Waals surface area contributed by atoms with Gasteiger partial charge in [0, 0.05) is 25.0 Å². The van der Waals surface area contributed by atoms with Crippen molar-refractivity contribution < 1.29 is 4.79 Å². The highest BCUT2D eigenvalue weighted by molar-refractivity contribution is 5.96. The molecule has 0 spiro atoms. The highest BCUT2D eigenvalue weighted by Gasteiger charge is 2.23. The zero-order chi connectivity index (χ0) is 13.0. The molecule has 3 N–H and O–H groups in total. The van der Waals surface area contributed by atoms with Crippen molar-refractivity contribution in [3.63, 3.8) is 0 Å². The third-order valence-corrected chi connectivity index (χ3v) is 3.35. The van der Waals surface area contributed by atoms with Gasteiger partial charge in [-0.05, 0) is 25.9 Å². The van der Waals surface area contributed by atoms with Crippen LogP contribution in [0, 0.1) is 0 Å². The van der Waals surface area contributed by atoms with Crippen molar-refractivity contribution in [1.29, 1.82) is 0 Å². The van der Waals surface area contributed by atoms with Crippen LogP contribution in [-0.4, -0.2) is 46.5 Å². The molecule has 1 fully saturated rings. The number of carbonyl (C=O) groups is 1. The van der Waals surface area contributed by atoms with Gasteiger partial charge >= 0.3 is 0 Å². The van der Waals surface area contributed by atoms with E-state index in [0.717, 1.165) is 19.5 Å². The fourth-order valence-corrected chi connectivity index (χ4v) is 2.36. The van der Waals surface area contributed by atoms with Crippen LogP contribution in [0.2, 0.25) is 0 Å². The van der Waals surface area contributed by atoms with Crippen LogP contribution >= 0.6 is 0 Å². The molecule has 6 heteroatoms. The van der Waals surface area contributed by atoms with Gasteiger partial charge in [0.25, 0.3) is 5.91 Å². The van der Waals surface area contributed by atoms with Crippen LogP contribution in [0.4, 0.5) is 5.82 Å². The second kappa shape index (κ2) is 5.77. The van der Waals surface area contributed by atoms with Gasteiger partial charge in [-0.15, -0.1) is 0 Å². The summed E-state index contributed by atoms with van der Waals surface area (Å²) < 4.78 is 0. The molecule has 1 unspecified atom stereocenters. The predicted octanol–water partition coefficient (Wildman–Crippen LogP) is 0.273. The Balaban J connectivity index is 1.91. The maximum Gasteiger partial charge on any atom is 0.273 e. The van der Waals surface area contributed by atoms with E-state index in [-0.39, 0.29) is 17.4 Å². The maximum atomic E-state index is 11.9.